The van der Waals surface area contributed by atoms with Gasteiger partial charge in [0.15, 0.2) is 0 Å². The third-order valence-corrected chi connectivity index (χ3v) is 4.82. The summed E-state index contributed by atoms with van der Waals surface area (Å²) in [5, 5.41) is 0. The molecule has 0 radical (unpaired) electrons. The van der Waals surface area contributed by atoms with E-state index in [9.17, 15) is 0 Å². The Morgan fingerprint density at radius 1 is 0.600 bits per heavy atom. The lowest BCUT2D eigenvalue weighted by molar-refractivity contribution is 0.414. The van der Waals surface area contributed by atoms with Crippen molar-refractivity contribution in [3.05, 3.63) is 59.7 Å². The highest BCUT2D eigenvalue weighted by Gasteiger charge is 2.73. The van der Waals surface area contributed by atoms with E-state index in [4.69, 9.17) is 9.47 Å². The highest BCUT2D eigenvalue weighted by atomic mass is 16.5. The summed E-state index contributed by atoms with van der Waals surface area (Å²) in [5.41, 5.74) is 2.93. The Bertz CT molecular complexity index is 549. The minimum absolute atomic E-state index is 0.771. The molecule has 2 aromatic carbocycles. The number of methoxy groups -OCH3 is 2. The van der Waals surface area contributed by atoms with Crippen molar-refractivity contribution in [2.75, 3.05) is 14.2 Å². The van der Waals surface area contributed by atoms with Crippen LogP contribution in [0.3, 0.4) is 0 Å². The zero-order valence-electron chi connectivity index (χ0n) is 11.7. The summed E-state index contributed by atoms with van der Waals surface area (Å²) in [6.07, 6.45) is 0. The van der Waals surface area contributed by atoms with Crippen molar-refractivity contribution in [1.29, 1.82) is 0 Å². The summed E-state index contributed by atoms with van der Waals surface area (Å²) in [6.45, 7) is 0. The summed E-state index contributed by atoms with van der Waals surface area (Å²) in [7, 11) is 3.42. The fourth-order valence-electron chi connectivity index (χ4n) is 3.56. The lowest BCUT2D eigenvalue weighted by atomic mass is 9.92. The smallest absolute Gasteiger partial charge is 0.118 e. The van der Waals surface area contributed by atoms with Crippen LogP contribution in [0.25, 0.3) is 0 Å². The van der Waals surface area contributed by atoms with Gasteiger partial charge in [0.25, 0.3) is 0 Å². The number of rotatable bonds is 4. The van der Waals surface area contributed by atoms with Crippen molar-refractivity contribution in [3.8, 4) is 11.5 Å². The molecule has 0 saturated heterocycles. The van der Waals surface area contributed by atoms with Gasteiger partial charge in [-0.05, 0) is 59.1 Å². The Balaban J connectivity index is 1.43. The first-order valence-corrected chi connectivity index (χ1v) is 7.11. The molecule has 0 atom stereocenters. The molecule has 20 heavy (non-hydrogen) atoms. The van der Waals surface area contributed by atoms with E-state index in [-0.39, 0.29) is 0 Å². The maximum absolute atomic E-state index is 5.21. The first kappa shape index (κ1) is 11.8. The van der Waals surface area contributed by atoms with Gasteiger partial charge in [-0.1, -0.05) is 24.3 Å². The quantitative estimate of drug-likeness (QED) is 0.837. The topological polar surface area (TPSA) is 18.5 Å². The average molecular weight is 266 g/mol. The molecule has 0 aromatic heterocycles. The van der Waals surface area contributed by atoms with Gasteiger partial charge in [0.2, 0.25) is 0 Å². The average Bonchev–Trinajstić information content (AvgIpc) is 3.40. The van der Waals surface area contributed by atoms with Gasteiger partial charge >= 0.3 is 0 Å². The van der Waals surface area contributed by atoms with Crippen molar-refractivity contribution in [1.82, 2.24) is 0 Å². The van der Waals surface area contributed by atoms with E-state index in [1.807, 2.05) is 0 Å². The van der Waals surface area contributed by atoms with Crippen LogP contribution in [0.4, 0.5) is 0 Å². The number of fused-ring (bicyclic) bond motifs is 1. The molecule has 0 amide bonds. The van der Waals surface area contributed by atoms with Gasteiger partial charge in [-0.25, -0.2) is 0 Å². The van der Waals surface area contributed by atoms with Crippen LogP contribution in [0, 0.1) is 11.8 Å². The third kappa shape index (κ3) is 1.71. The van der Waals surface area contributed by atoms with Crippen molar-refractivity contribution < 1.29 is 9.47 Å². The minimum Gasteiger partial charge on any atom is -0.497 e. The normalized spacial score (nSPS) is 29.5. The number of hydrogen-bond acceptors (Lipinski definition) is 2. The predicted molar refractivity (Wildman–Crippen MR) is 78.5 cm³/mol. The molecule has 4 rings (SSSR count). The van der Waals surface area contributed by atoms with E-state index < -0.39 is 0 Å². The molecule has 0 bridgehead atoms. The first-order valence-electron chi connectivity index (χ1n) is 7.11. The Kier molecular flexibility index (Phi) is 2.53. The Hall–Kier alpha value is -1.96. The van der Waals surface area contributed by atoms with E-state index in [0.717, 1.165) is 35.2 Å². The van der Waals surface area contributed by atoms with Crippen molar-refractivity contribution >= 4 is 0 Å². The van der Waals surface area contributed by atoms with Crippen molar-refractivity contribution in [3.63, 3.8) is 0 Å². The molecule has 0 heterocycles. The van der Waals surface area contributed by atoms with Gasteiger partial charge in [0, 0.05) is 0 Å². The van der Waals surface area contributed by atoms with Crippen LogP contribution in [0.1, 0.15) is 23.0 Å². The van der Waals surface area contributed by atoms with Gasteiger partial charge in [-0.15, -0.1) is 0 Å². The molecule has 0 N–H and O–H groups in total. The lowest BCUT2D eigenvalue weighted by Crippen LogP contribution is -1.99. The summed E-state index contributed by atoms with van der Waals surface area (Å²) < 4.78 is 10.4. The van der Waals surface area contributed by atoms with Gasteiger partial charge in [0.1, 0.15) is 11.5 Å². The van der Waals surface area contributed by atoms with Crippen LogP contribution in [-0.2, 0) is 0 Å². The Labute approximate surface area is 119 Å². The summed E-state index contributed by atoms with van der Waals surface area (Å²) >= 11 is 0. The van der Waals surface area contributed by atoms with Gasteiger partial charge < -0.3 is 9.47 Å². The van der Waals surface area contributed by atoms with Crippen molar-refractivity contribution in [2.24, 2.45) is 11.8 Å². The van der Waals surface area contributed by atoms with Crippen LogP contribution in [-0.4, -0.2) is 14.2 Å². The van der Waals surface area contributed by atoms with Crippen LogP contribution >= 0.6 is 0 Å². The number of hydrogen-bond donors (Lipinski definition) is 0. The SMILES string of the molecule is COc1ccc(C2C3C(c4ccc(OC)cc4)C23)cc1. The minimum atomic E-state index is 0.771. The predicted octanol–water partition coefficient (Wildman–Crippen LogP) is 3.83. The second kappa shape index (κ2) is 4.27. The first-order chi connectivity index (χ1) is 9.83. The molecular weight excluding hydrogens is 248 g/mol. The monoisotopic (exact) mass is 266 g/mol. The summed E-state index contributed by atoms with van der Waals surface area (Å²) in [5.74, 6) is 5.14. The molecule has 2 aliphatic carbocycles. The van der Waals surface area contributed by atoms with Gasteiger partial charge in [0.05, 0.1) is 14.2 Å². The molecule has 0 unspecified atom stereocenters. The lowest BCUT2D eigenvalue weighted by Gasteiger charge is -2.13. The molecule has 2 aliphatic rings. The van der Waals surface area contributed by atoms with E-state index in [0.29, 0.717) is 0 Å². The number of benzene rings is 2. The molecule has 2 saturated carbocycles. The molecule has 2 nitrogen and oxygen atoms in total. The highest BCUT2D eigenvalue weighted by Crippen LogP contribution is 2.81. The zero-order chi connectivity index (χ0) is 13.7. The molecule has 0 aliphatic heterocycles. The van der Waals surface area contributed by atoms with Crippen LogP contribution in [0.15, 0.2) is 48.5 Å². The Morgan fingerprint density at radius 2 is 0.950 bits per heavy atom. The van der Waals surface area contributed by atoms with Crippen molar-refractivity contribution in [2.45, 2.75) is 11.8 Å². The second-order valence-electron chi connectivity index (χ2n) is 5.75. The zero-order valence-corrected chi connectivity index (χ0v) is 11.7. The molecule has 102 valence electrons. The molecule has 2 fully saturated rings. The van der Waals surface area contributed by atoms with E-state index in [2.05, 4.69) is 48.5 Å². The summed E-state index contributed by atoms with van der Waals surface area (Å²) in [4.78, 5) is 0. The molecule has 2 heteroatoms. The molecule has 2 aromatic rings. The van der Waals surface area contributed by atoms with Gasteiger partial charge in [-0.3, -0.25) is 0 Å². The molecular formula is C18H18O2. The fourth-order valence-corrected chi connectivity index (χ4v) is 3.56. The van der Waals surface area contributed by atoms with Crippen LogP contribution < -0.4 is 9.47 Å². The second-order valence-corrected chi connectivity index (χ2v) is 5.75. The third-order valence-electron chi connectivity index (χ3n) is 4.82. The maximum atomic E-state index is 5.21. The fraction of sp³-hybridized carbons (Fsp3) is 0.333. The van der Waals surface area contributed by atoms with E-state index in [1.54, 1.807) is 14.2 Å². The highest BCUT2D eigenvalue weighted by molar-refractivity contribution is 5.48. The van der Waals surface area contributed by atoms with Gasteiger partial charge in [-0.2, -0.15) is 0 Å². The van der Waals surface area contributed by atoms with E-state index >= 15 is 0 Å². The number of ether oxygens (including phenoxy) is 2. The Morgan fingerprint density at radius 3 is 1.25 bits per heavy atom. The largest absolute Gasteiger partial charge is 0.497 e. The van der Waals surface area contributed by atoms with Crippen LogP contribution in [0.2, 0.25) is 0 Å². The maximum Gasteiger partial charge on any atom is 0.118 e. The molecule has 0 spiro atoms. The summed E-state index contributed by atoms with van der Waals surface area (Å²) in [6, 6.07) is 17.1. The van der Waals surface area contributed by atoms with Crippen LogP contribution in [0.5, 0.6) is 11.5 Å². The standard InChI is InChI=1S/C18H18O2/c1-19-13-7-3-11(4-8-13)15-17-16(18(15)17)12-5-9-14(20-2)10-6-12/h3-10,15-18H,1-2H3. The van der Waals surface area contributed by atoms with E-state index in [1.165, 1.54) is 11.1 Å².